The summed E-state index contributed by atoms with van der Waals surface area (Å²) in [7, 11) is 0. The summed E-state index contributed by atoms with van der Waals surface area (Å²) in [6.45, 7) is 18.2. The molecule has 7 nitrogen and oxygen atoms in total. The fraction of sp³-hybridized carbons (Fsp3) is 0.682. The number of hydrogen-bond donors (Lipinski definition) is 1. The van der Waals surface area contributed by atoms with Crippen molar-refractivity contribution in [3.8, 4) is 0 Å². The van der Waals surface area contributed by atoms with Crippen molar-refractivity contribution in [3.63, 3.8) is 0 Å². The van der Waals surface area contributed by atoms with E-state index in [1.54, 1.807) is 12.4 Å². The zero-order chi connectivity index (χ0) is 22.2. The maximum absolute atomic E-state index is 10.4. The van der Waals surface area contributed by atoms with Gasteiger partial charge in [-0.1, -0.05) is 34.6 Å². The van der Waals surface area contributed by atoms with Gasteiger partial charge in [-0.25, -0.2) is 9.97 Å². The first-order valence-electron chi connectivity index (χ1n) is 10.7. The number of aryl methyl sites for hydroxylation is 2. The van der Waals surface area contributed by atoms with Crippen LogP contribution in [-0.4, -0.2) is 61.6 Å². The number of rotatable bonds is 9. The van der Waals surface area contributed by atoms with E-state index in [9.17, 15) is 4.79 Å². The summed E-state index contributed by atoms with van der Waals surface area (Å²) in [4.78, 5) is 21.1. The summed E-state index contributed by atoms with van der Waals surface area (Å²) < 4.78 is 3.88. The number of carbonyl (C=O) groups excluding carboxylic acids is 1. The lowest BCUT2D eigenvalue weighted by Crippen LogP contribution is -2.21. The number of imidazole rings is 2. The molecule has 0 bridgehead atoms. The SMILES string of the molecule is CCN(CC)CC.CCc1nccn1C(C)C=O.CCc1nccn1C(C)CO. The summed E-state index contributed by atoms with van der Waals surface area (Å²) in [5.74, 6) is 2.00. The van der Waals surface area contributed by atoms with Crippen LogP contribution < -0.4 is 0 Å². The lowest BCUT2D eigenvalue weighted by Gasteiger charge is -2.13. The van der Waals surface area contributed by atoms with Crippen molar-refractivity contribution in [1.29, 1.82) is 0 Å². The van der Waals surface area contributed by atoms with Crippen LogP contribution >= 0.6 is 0 Å². The molecule has 0 radical (unpaired) electrons. The monoisotopic (exact) mass is 407 g/mol. The van der Waals surface area contributed by atoms with E-state index in [-0.39, 0.29) is 18.7 Å². The third-order valence-corrected chi connectivity index (χ3v) is 4.85. The highest BCUT2D eigenvalue weighted by Crippen LogP contribution is 2.08. The zero-order valence-corrected chi connectivity index (χ0v) is 19.4. The third kappa shape index (κ3) is 9.37. The average molecular weight is 408 g/mol. The highest BCUT2D eigenvalue weighted by Gasteiger charge is 2.06. The molecule has 2 aromatic rings. The number of aliphatic hydroxyl groups excluding tert-OH is 1. The molecular weight excluding hydrogens is 366 g/mol. The third-order valence-electron chi connectivity index (χ3n) is 4.85. The Morgan fingerprint density at radius 2 is 1.38 bits per heavy atom. The van der Waals surface area contributed by atoms with Crippen molar-refractivity contribution >= 4 is 6.29 Å². The molecule has 2 rings (SSSR count). The maximum Gasteiger partial charge on any atom is 0.142 e. The molecule has 0 saturated heterocycles. The van der Waals surface area contributed by atoms with Crippen LogP contribution in [0.2, 0.25) is 0 Å². The summed E-state index contributed by atoms with van der Waals surface area (Å²) in [6.07, 6.45) is 9.92. The molecule has 0 aromatic carbocycles. The molecule has 2 heterocycles. The Balaban J connectivity index is 0.000000419. The van der Waals surface area contributed by atoms with Crippen LogP contribution in [0.25, 0.3) is 0 Å². The van der Waals surface area contributed by atoms with Crippen LogP contribution in [0.3, 0.4) is 0 Å². The minimum absolute atomic E-state index is 0.0903. The first-order valence-corrected chi connectivity index (χ1v) is 10.7. The van der Waals surface area contributed by atoms with Gasteiger partial charge in [0, 0.05) is 37.6 Å². The molecule has 2 atom stereocenters. The van der Waals surface area contributed by atoms with Crippen molar-refractivity contribution in [2.45, 2.75) is 73.4 Å². The number of aromatic nitrogens is 4. The van der Waals surface area contributed by atoms with Crippen LogP contribution in [-0.2, 0) is 17.6 Å². The molecular formula is C22H41N5O2. The largest absolute Gasteiger partial charge is 0.394 e. The van der Waals surface area contributed by atoms with E-state index in [0.717, 1.165) is 30.8 Å². The molecule has 0 aliphatic carbocycles. The highest BCUT2D eigenvalue weighted by atomic mass is 16.3. The Morgan fingerprint density at radius 3 is 1.72 bits per heavy atom. The Bertz CT molecular complexity index is 644. The number of aliphatic hydroxyl groups is 1. The minimum Gasteiger partial charge on any atom is -0.394 e. The minimum atomic E-state index is -0.0903. The van der Waals surface area contributed by atoms with Gasteiger partial charge in [-0.3, -0.25) is 0 Å². The van der Waals surface area contributed by atoms with E-state index < -0.39 is 0 Å². The zero-order valence-electron chi connectivity index (χ0n) is 19.4. The van der Waals surface area contributed by atoms with Gasteiger partial charge in [-0.05, 0) is 33.5 Å². The number of hydrogen-bond acceptors (Lipinski definition) is 5. The molecule has 0 fully saturated rings. The Labute approximate surface area is 176 Å². The second-order valence-electron chi connectivity index (χ2n) is 6.74. The first-order chi connectivity index (χ1) is 13.9. The molecule has 7 heteroatoms. The molecule has 1 N–H and O–H groups in total. The van der Waals surface area contributed by atoms with Gasteiger partial charge in [0.05, 0.1) is 18.7 Å². The summed E-state index contributed by atoms with van der Waals surface area (Å²) in [5, 5.41) is 8.88. The van der Waals surface area contributed by atoms with E-state index >= 15 is 0 Å². The summed E-state index contributed by atoms with van der Waals surface area (Å²) >= 11 is 0. The molecule has 0 saturated carbocycles. The Morgan fingerprint density at radius 1 is 0.931 bits per heavy atom. The highest BCUT2D eigenvalue weighted by molar-refractivity contribution is 5.55. The lowest BCUT2D eigenvalue weighted by atomic mass is 10.3. The average Bonchev–Trinajstić information content (AvgIpc) is 3.43. The smallest absolute Gasteiger partial charge is 0.142 e. The van der Waals surface area contributed by atoms with Crippen molar-refractivity contribution in [1.82, 2.24) is 24.0 Å². The standard InChI is InChI=1S/C8H14N2O.C8H12N2O.C6H15N/c2*1-3-8-9-4-5-10(8)7(2)6-11;1-4-7(5-2)6-3/h4-5,7,11H,3,6H2,1-2H3;4-7H,3H2,1-2H3;4-6H2,1-3H3. The lowest BCUT2D eigenvalue weighted by molar-refractivity contribution is -0.110. The van der Waals surface area contributed by atoms with Crippen LogP contribution in [0.1, 0.15) is 72.2 Å². The van der Waals surface area contributed by atoms with E-state index in [1.807, 2.05) is 42.3 Å². The second kappa shape index (κ2) is 15.9. The van der Waals surface area contributed by atoms with Crippen molar-refractivity contribution in [2.75, 3.05) is 26.2 Å². The number of nitrogens with zero attached hydrogens (tertiary/aromatic N) is 5. The quantitative estimate of drug-likeness (QED) is 0.643. The second-order valence-corrected chi connectivity index (χ2v) is 6.74. The predicted molar refractivity (Wildman–Crippen MR) is 119 cm³/mol. The molecule has 29 heavy (non-hydrogen) atoms. The molecule has 0 amide bonds. The van der Waals surface area contributed by atoms with Gasteiger partial charge in [0.1, 0.15) is 17.9 Å². The van der Waals surface area contributed by atoms with Crippen LogP contribution in [0.15, 0.2) is 24.8 Å². The Hall–Kier alpha value is -1.99. The summed E-state index contributed by atoms with van der Waals surface area (Å²) in [5.41, 5.74) is 0. The number of carbonyl (C=O) groups is 1. The molecule has 0 spiro atoms. The molecule has 0 aliphatic heterocycles. The van der Waals surface area contributed by atoms with Crippen LogP contribution in [0.4, 0.5) is 0 Å². The van der Waals surface area contributed by atoms with Gasteiger partial charge in [-0.2, -0.15) is 0 Å². The van der Waals surface area contributed by atoms with Crippen LogP contribution in [0.5, 0.6) is 0 Å². The van der Waals surface area contributed by atoms with E-state index in [2.05, 4.69) is 42.6 Å². The molecule has 166 valence electrons. The van der Waals surface area contributed by atoms with Crippen molar-refractivity contribution in [3.05, 3.63) is 36.4 Å². The van der Waals surface area contributed by atoms with Gasteiger partial charge in [0.25, 0.3) is 0 Å². The van der Waals surface area contributed by atoms with E-state index in [0.29, 0.717) is 0 Å². The fourth-order valence-corrected chi connectivity index (χ4v) is 2.83. The normalized spacial score (nSPS) is 12.4. The predicted octanol–water partition coefficient (Wildman–Crippen LogP) is 3.55. The van der Waals surface area contributed by atoms with Gasteiger partial charge < -0.3 is 23.9 Å². The van der Waals surface area contributed by atoms with Gasteiger partial charge in [0.15, 0.2) is 0 Å². The van der Waals surface area contributed by atoms with Gasteiger partial charge in [0.2, 0.25) is 0 Å². The van der Waals surface area contributed by atoms with E-state index in [1.165, 1.54) is 19.6 Å². The topological polar surface area (TPSA) is 76.2 Å². The van der Waals surface area contributed by atoms with Gasteiger partial charge >= 0.3 is 0 Å². The summed E-state index contributed by atoms with van der Waals surface area (Å²) in [6, 6.07) is 0.0555. The van der Waals surface area contributed by atoms with Crippen molar-refractivity contribution in [2.24, 2.45) is 0 Å². The maximum atomic E-state index is 10.4. The number of aldehydes is 1. The molecule has 0 aliphatic rings. The van der Waals surface area contributed by atoms with Crippen LogP contribution in [0, 0.1) is 0 Å². The van der Waals surface area contributed by atoms with E-state index in [4.69, 9.17) is 5.11 Å². The first kappa shape index (κ1) is 27.0. The molecule has 2 unspecified atom stereocenters. The Kier molecular flexibility index (Phi) is 14.8. The van der Waals surface area contributed by atoms with Gasteiger partial charge in [-0.15, -0.1) is 0 Å². The van der Waals surface area contributed by atoms with Crippen molar-refractivity contribution < 1.29 is 9.90 Å². The fourth-order valence-electron chi connectivity index (χ4n) is 2.83. The molecule has 2 aromatic heterocycles.